The quantitative estimate of drug-likeness (QED) is 0.867. The fraction of sp³-hybridized carbons (Fsp3) is 0.227. The van der Waals surface area contributed by atoms with E-state index in [0.29, 0.717) is 30.0 Å². The molecule has 0 radical (unpaired) electrons. The number of likely N-dealkylation sites (N-methyl/N-ethyl adjacent to an activating group) is 1. The lowest BCUT2D eigenvalue weighted by Gasteiger charge is -2.20. The van der Waals surface area contributed by atoms with Gasteiger partial charge >= 0.3 is 0 Å². The number of fused-ring (bicyclic) bond motifs is 1. The monoisotopic (exact) mass is 393 g/mol. The van der Waals surface area contributed by atoms with Crippen molar-refractivity contribution in [2.24, 2.45) is 4.99 Å². The lowest BCUT2D eigenvalue weighted by Crippen LogP contribution is -2.50. The van der Waals surface area contributed by atoms with E-state index < -0.39 is 11.9 Å². The minimum Gasteiger partial charge on any atom is -0.489 e. The summed E-state index contributed by atoms with van der Waals surface area (Å²) in [6.45, 7) is 0.364. The highest BCUT2D eigenvalue weighted by Gasteiger charge is 2.31. The number of hydrogen-bond donors (Lipinski definition) is 1. The molecule has 148 valence electrons. The third kappa shape index (κ3) is 3.89. The summed E-state index contributed by atoms with van der Waals surface area (Å²) in [6, 6.07) is 12.9. The summed E-state index contributed by atoms with van der Waals surface area (Å²) in [7, 11) is 1.65. The van der Waals surface area contributed by atoms with E-state index in [4.69, 9.17) is 4.74 Å². The van der Waals surface area contributed by atoms with Crippen LogP contribution in [0.25, 0.3) is 0 Å². The van der Waals surface area contributed by atoms with Crippen molar-refractivity contribution in [3.05, 3.63) is 71.6 Å². The maximum atomic E-state index is 13.8. The minimum atomic E-state index is -0.827. The largest absolute Gasteiger partial charge is 0.489 e. The van der Waals surface area contributed by atoms with Crippen molar-refractivity contribution >= 4 is 23.2 Å². The number of rotatable bonds is 4. The molecule has 2 amide bonds. The van der Waals surface area contributed by atoms with Crippen LogP contribution in [0.2, 0.25) is 0 Å². The Morgan fingerprint density at radius 1 is 1.24 bits per heavy atom. The lowest BCUT2D eigenvalue weighted by atomic mass is 10.0. The molecule has 29 heavy (non-hydrogen) atoms. The molecular formula is C22H20FN3O3. The van der Waals surface area contributed by atoms with Crippen molar-refractivity contribution in [1.82, 2.24) is 5.32 Å². The van der Waals surface area contributed by atoms with Gasteiger partial charge in [-0.25, -0.2) is 4.39 Å². The van der Waals surface area contributed by atoms with E-state index in [1.165, 1.54) is 11.0 Å². The molecule has 2 aliphatic rings. The van der Waals surface area contributed by atoms with Gasteiger partial charge in [0, 0.05) is 7.05 Å². The van der Waals surface area contributed by atoms with Crippen LogP contribution in [0.3, 0.4) is 0 Å². The molecule has 1 atom stereocenters. The van der Waals surface area contributed by atoms with Gasteiger partial charge in [-0.2, -0.15) is 0 Å². The summed E-state index contributed by atoms with van der Waals surface area (Å²) in [5, 5.41) is 2.71. The van der Waals surface area contributed by atoms with Gasteiger partial charge in [0.25, 0.3) is 11.8 Å². The van der Waals surface area contributed by atoms with E-state index in [9.17, 15) is 14.0 Å². The van der Waals surface area contributed by atoms with Gasteiger partial charge in [-0.1, -0.05) is 30.3 Å². The molecule has 0 unspecified atom stereocenters. The van der Waals surface area contributed by atoms with Gasteiger partial charge in [0.2, 0.25) is 0 Å². The molecule has 2 heterocycles. The van der Waals surface area contributed by atoms with Crippen molar-refractivity contribution < 1.29 is 18.7 Å². The first-order valence-corrected chi connectivity index (χ1v) is 9.30. The number of benzene rings is 2. The van der Waals surface area contributed by atoms with Crippen molar-refractivity contribution in [2.75, 3.05) is 25.1 Å². The Kier molecular flexibility index (Phi) is 5.12. The van der Waals surface area contributed by atoms with E-state index in [2.05, 4.69) is 10.3 Å². The normalized spacial score (nSPS) is 18.3. The number of para-hydroxylation sites is 2. The standard InChI is InChI=1S/C22H20FN3O3/c1-26-19-8-4-5-9-20(19)29-13-18(22(26)28)25-21(27)17-11-14(12-24-17)10-15-6-2-3-7-16(15)23/h2-9,11,18H,10,12-13H2,1H3,(H,25,27)/t18-/m0/s1. The van der Waals surface area contributed by atoms with Crippen molar-refractivity contribution in [1.29, 1.82) is 0 Å². The van der Waals surface area contributed by atoms with Crippen molar-refractivity contribution in [3.8, 4) is 5.75 Å². The summed E-state index contributed by atoms with van der Waals surface area (Å²) in [5.41, 5.74) is 2.28. The van der Waals surface area contributed by atoms with Crippen LogP contribution in [-0.4, -0.2) is 43.8 Å². The number of ether oxygens (including phenoxy) is 1. The number of amides is 2. The van der Waals surface area contributed by atoms with Gasteiger partial charge in [0.1, 0.15) is 29.9 Å². The molecule has 0 aliphatic carbocycles. The Balaban J connectivity index is 1.43. The van der Waals surface area contributed by atoms with Gasteiger partial charge in [-0.15, -0.1) is 0 Å². The van der Waals surface area contributed by atoms with Crippen LogP contribution < -0.4 is 15.0 Å². The summed E-state index contributed by atoms with van der Waals surface area (Å²) in [6.07, 6.45) is 2.04. The van der Waals surface area contributed by atoms with Crippen molar-refractivity contribution in [2.45, 2.75) is 12.5 Å². The minimum absolute atomic E-state index is 0.0327. The average molecular weight is 393 g/mol. The van der Waals surface area contributed by atoms with E-state index in [0.717, 1.165) is 5.57 Å². The van der Waals surface area contributed by atoms with Crippen LogP contribution in [-0.2, 0) is 16.0 Å². The third-order valence-corrected chi connectivity index (χ3v) is 4.97. The zero-order valence-electron chi connectivity index (χ0n) is 15.9. The molecule has 0 aromatic heterocycles. The first-order chi connectivity index (χ1) is 14.0. The smallest absolute Gasteiger partial charge is 0.270 e. The highest BCUT2D eigenvalue weighted by atomic mass is 19.1. The van der Waals surface area contributed by atoms with Gasteiger partial charge in [-0.05, 0) is 41.8 Å². The maximum Gasteiger partial charge on any atom is 0.270 e. The SMILES string of the molecule is CN1C(=O)[C@@H](NC(=O)C2=NCC(Cc3ccccc3F)=C2)COc2ccccc21. The molecule has 0 bridgehead atoms. The molecule has 6 nitrogen and oxygen atoms in total. The highest BCUT2D eigenvalue weighted by Crippen LogP contribution is 2.29. The number of nitrogens with zero attached hydrogens (tertiary/aromatic N) is 2. The molecule has 0 saturated carbocycles. The van der Waals surface area contributed by atoms with E-state index >= 15 is 0 Å². The Morgan fingerprint density at radius 3 is 2.83 bits per heavy atom. The van der Waals surface area contributed by atoms with E-state index in [-0.39, 0.29) is 24.0 Å². The number of anilines is 1. The fourth-order valence-corrected chi connectivity index (χ4v) is 3.39. The van der Waals surface area contributed by atoms with Crippen LogP contribution in [0.15, 0.2) is 65.2 Å². The lowest BCUT2D eigenvalue weighted by molar-refractivity contribution is -0.124. The second-order valence-corrected chi connectivity index (χ2v) is 6.97. The van der Waals surface area contributed by atoms with Gasteiger partial charge in [-0.3, -0.25) is 14.6 Å². The molecule has 0 saturated heterocycles. The molecule has 0 spiro atoms. The molecule has 0 fully saturated rings. The van der Waals surface area contributed by atoms with Gasteiger partial charge in [0.15, 0.2) is 0 Å². The third-order valence-electron chi connectivity index (χ3n) is 4.97. The number of hydrogen-bond acceptors (Lipinski definition) is 4. The van der Waals surface area contributed by atoms with Crippen LogP contribution in [0, 0.1) is 5.82 Å². The Morgan fingerprint density at radius 2 is 2.00 bits per heavy atom. The zero-order valence-corrected chi connectivity index (χ0v) is 15.9. The Bertz CT molecular complexity index is 1030. The molecule has 2 aliphatic heterocycles. The number of halogens is 1. The maximum absolute atomic E-state index is 13.8. The summed E-state index contributed by atoms with van der Waals surface area (Å²) in [4.78, 5) is 31.1. The zero-order chi connectivity index (χ0) is 20.4. The molecule has 1 N–H and O–H groups in total. The summed E-state index contributed by atoms with van der Waals surface area (Å²) >= 11 is 0. The van der Waals surface area contributed by atoms with E-state index in [1.54, 1.807) is 43.5 Å². The van der Waals surface area contributed by atoms with Crippen LogP contribution in [0.5, 0.6) is 5.75 Å². The second kappa shape index (κ2) is 7.87. The molecule has 7 heteroatoms. The molecule has 2 aromatic carbocycles. The van der Waals surface area contributed by atoms with Gasteiger partial charge in [0.05, 0.1) is 12.2 Å². The number of nitrogens with one attached hydrogen (secondary N) is 1. The first kappa shape index (κ1) is 18.9. The van der Waals surface area contributed by atoms with Crippen molar-refractivity contribution in [3.63, 3.8) is 0 Å². The Labute approximate surface area is 167 Å². The van der Waals surface area contributed by atoms with Gasteiger partial charge < -0.3 is 15.0 Å². The first-order valence-electron chi connectivity index (χ1n) is 9.30. The summed E-state index contributed by atoms with van der Waals surface area (Å²) in [5.74, 6) is -0.409. The van der Waals surface area contributed by atoms with Crippen LogP contribution in [0.4, 0.5) is 10.1 Å². The second-order valence-electron chi connectivity index (χ2n) is 6.97. The summed E-state index contributed by atoms with van der Waals surface area (Å²) < 4.78 is 19.5. The molecular weight excluding hydrogens is 373 g/mol. The Hall–Kier alpha value is -3.48. The van der Waals surface area contributed by atoms with E-state index in [1.807, 2.05) is 12.1 Å². The topological polar surface area (TPSA) is 71.0 Å². The number of aliphatic imine (C=N–C) groups is 1. The predicted molar refractivity (Wildman–Crippen MR) is 108 cm³/mol. The highest BCUT2D eigenvalue weighted by molar-refractivity contribution is 6.44. The predicted octanol–water partition coefficient (Wildman–Crippen LogP) is 2.29. The van der Waals surface area contributed by atoms with Crippen LogP contribution >= 0.6 is 0 Å². The fourth-order valence-electron chi connectivity index (χ4n) is 3.39. The molecule has 2 aromatic rings. The molecule has 4 rings (SSSR count). The number of carbonyl (C=O) groups excluding carboxylic acids is 2. The number of carbonyl (C=O) groups is 2. The van der Waals surface area contributed by atoms with Crippen LogP contribution in [0.1, 0.15) is 5.56 Å². The average Bonchev–Trinajstić information content (AvgIpc) is 3.16.